The third-order valence-corrected chi connectivity index (χ3v) is 10.1. The number of unbranched alkanes of at least 4 members (excludes halogenated alkanes) is 26. The molecule has 0 aliphatic rings. The van der Waals surface area contributed by atoms with Gasteiger partial charge in [-0.25, -0.2) is 0 Å². The van der Waals surface area contributed by atoms with Crippen molar-refractivity contribution >= 4 is 11.6 Å². The molecule has 78 heavy (non-hydrogen) atoms. The molecule has 0 aromatic carbocycles. The average Bonchev–Trinajstić information content (AvgIpc) is 3.47. The first kappa shape index (κ1) is 107. The van der Waals surface area contributed by atoms with E-state index in [9.17, 15) is 0 Å². The van der Waals surface area contributed by atoms with Crippen LogP contribution in [-0.2, 0) is 0 Å². The zero-order chi connectivity index (χ0) is 62.8. The smallest absolute Gasteiger partial charge is 0.0223 e. The van der Waals surface area contributed by atoms with Crippen LogP contribution in [0.1, 0.15) is 340 Å². The summed E-state index contributed by atoms with van der Waals surface area (Å²) in [4.78, 5) is 0. The van der Waals surface area contributed by atoms with Crippen LogP contribution in [0.2, 0.25) is 0 Å². The molecule has 470 valence electrons. The van der Waals surface area contributed by atoms with Crippen LogP contribution >= 0.6 is 11.6 Å². The molecular weight excluding hydrogens is 960 g/mol. The molecule has 0 aromatic heterocycles. The first-order valence-electron chi connectivity index (χ1n) is 32.8. The second kappa shape index (κ2) is 164. The first-order valence-corrected chi connectivity index (χ1v) is 33.3. The number of hydrogen-bond acceptors (Lipinski definition) is 0. The second-order valence-corrected chi connectivity index (χ2v) is 18.9. The van der Waals surface area contributed by atoms with Crippen LogP contribution < -0.4 is 0 Å². The molecule has 1 heteroatoms. The molecule has 0 nitrogen and oxygen atoms in total. The highest BCUT2D eigenvalue weighted by atomic mass is 35.5. The fourth-order valence-corrected chi connectivity index (χ4v) is 4.72. The van der Waals surface area contributed by atoms with Crippen LogP contribution in [0.5, 0.6) is 0 Å². The Labute approximate surface area is 507 Å². The lowest BCUT2D eigenvalue weighted by Gasteiger charge is -1.84. The highest BCUT2D eigenvalue weighted by Crippen LogP contribution is 1.98. The van der Waals surface area contributed by atoms with Gasteiger partial charge in [0.05, 0.1) is 0 Å². The fraction of sp³-hybridized carbons (Fsp3) is 0.688. The van der Waals surface area contributed by atoms with E-state index in [0.717, 1.165) is 5.88 Å². The van der Waals surface area contributed by atoms with Gasteiger partial charge in [0, 0.05) is 5.88 Å². The van der Waals surface area contributed by atoms with E-state index in [2.05, 4.69) is 169 Å². The highest BCUT2D eigenvalue weighted by molar-refractivity contribution is 6.17. The quantitative estimate of drug-likeness (QED) is 0.0327. The largest absolute Gasteiger partial charge is 0.127 e. The maximum Gasteiger partial charge on any atom is 0.0223 e. The van der Waals surface area contributed by atoms with Crippen molar-refractivity contribution in [3.05, 3.63) is 152 Å². The van der Waals surface area contributed by atoms with Gasteiger partial charge in [-0.3, -0.25) is 0 Å². The van der Waals surface area contributed by atoms with Gasteiger partial charge in [0.15, 0.2) is 0 Å². The fourth-order valence-electron chi connectivity index (χ4n) is 4.53. The molecule has 0 unspecified atom stereocenters. The van der Waals surface area contributed by atoms with E-state index in [1.54, 1.807) is 0 Å². The van der Waals surface area contributed by atoms with E-state index >= 15 is 0 Å². The molecule has 0 N–H and O–H groups in total. The van der Waals surface area contributed by atoms with Crippen molar-refractivity contribution in [2.45, 2.75) is 340 Å². The molecule has 0 rings (SSSR count). The number of alkyl halides is 1. The molecule has 0 bridgehead atoms. The van der Waals surface area contributed by atoms with Gasteiger partial charge >= 0.3 is 0 Å². The van der Waals surface area contributed by atoms with Crippen LogP contribution in [-0.4, -0.2) is 5.88 Å². The molecule has 0 fully saturated rings. The summed E-state index contributed by atoms with van der Waals surface area (Å²) >= 11 is 5.38. The highest BCUT2D eigenvalue weighted by Gasteiger charge is 1.78. The van der Waals surface area contributed by atoms with Crippen LogP contribution in [0.25, 0.3) is 0 Å². The van der Waals surface area contributed by atoms with E-state index < -0.39 is 0 Å². The topological polar surface area (TPSA) is 0 Å². The zero-order valence-corrected chi connectivity index (χ0v) is 57.8. The van der Waals surface area contributed by atoms with Crippen molar-refractivity contribution in [3.63, 3.8) is 0 Å². The van der Waals surface area contributed by atoms with Crippen LogP contribution in [0.3, 0.4) is 0 Å². The lowest BCUT2D eigenvalue weighted by Crippen LogP contribution is -1.70. The Kier molecular flexibility index (Phi) is 225. The van der Waals surface area contributed by atoms with Crippen LogP contribution in [0.15, 0.2) is 152 Å². The van der Waals surface area contributed by atoms with E-state index in [1.165, 1.54) is 250 Å². The van der Waals surface area contributed by atoms with Gasteiger partial charge in [0.1, 0.15) is 0 Å². The Bertz CT molecular complexity index is 671. The normalized spacial score (nSPS) is 8.23. The van der Waals surface area contributed by atoms with Crippen LogP contribution in [0, 0.1) is 0 Å². The Morgan fingerprint density at radius 1 is 0.167 bits per heavy atom. The van der Waals surface area contributed by atoms with E-state index in [1.807, 2.05) is 72.9 Å². The minimum atomic E-state index is 0.827. The van der Waals surface area contributed by atoms with Crippen molar-refractivity contribution in [2.24, 2.45) is 0 Å². The minimum absolute atomic E-state index is 0.827. The van der Waals surface area contributed by atoms with Gasteiger partial charge in [-0.05, 0) is 83.5 Å². The van der Waals surface area contributed by atoms with Gasteiger partial charge in [0.25, 0.3) is 0 Å². The third-order valence-electron chi connectivity index (χ3n) is 9.88. The molecule has 0 aromatic rings. The van der Waals surface area contributed by atoms with E-state index in [0.29, 0.717) is 0 Å². The van der Waals surface area contributed by atoms with Gasteiger partial charge in [-0.2, -0.15) is 0 Å². The molecule has 0 aliphatic carbocycles. The lowest BCUT2D eigenvalue weighted by atomic mass is 10.3. The van der Waals surface area contributed by atoms with Crippen molar-refractivity contribution in [1.29, 1.82) is 0 Å². The zero-order valence-electron chi connectivity index (χ0n) is 57.1. The molecule has 0 amide bonds. The van der Waals surface area contributed by atoms with Gasteiger partial charge in [-0.15, -0.1) is 90.5 Å². The summed E-state index contributed by atoms with van der Waals surface area (Å²) in [6, 6.07) is 0. The van der Waals surface area contributed by atoms with E-state index in [4.69, 9.17) is 11.6 Å². The van der Waals surface area contributed by atoms with Crippen molar-refractivity contribution in [1.82, 2.24) is 0 Å². The van der Waals surface area contributed by atoms with Gasteiger partial charge in [0.2, 0.25) is 0 Å². The molecular formula is C77H155Cl. The van der Waals surface area contributed by atoms with Crippen molar-refractivity contribution in [2.75, 3.05) is 5.88 Å². The number of allylic oxidation sites excluding steroid dienone is 12. The van der Waals surface area contributed by atoms with Crippen molar-refractivity contribution in [3.8, 4) is 0 Å². The van der Waals surface area contributed by atoms with Gasteiger partial charge < -0.3 is 0 Å². The summed E-state index contributed by atoms with van der Waals surface area (Å²) in [5.74, 6) is 0.827. The molecule has 0 radical (unpaired) electrons. The molecule has 0 heterocycles. The molecule has 0 spiro atoms. The summed E-state index contributed by atoms with van der Waals surface area (Å²) in [5.41, 5.74) is 0. The number of rotatable bonds is 39. The minimum Gasteiger partial charge on any atom is -0.127 e. The van der Waals surface area contributed by atoms with Crippen molar-refractivity contribution < 1.29 is 0 Å². The Morgan fingerprint density at radius 2 is 0.256 bits per heavy atom. The SMILES string of the molecule is C=CCCCC.C=CCCCC.C=CCCCC.C=CCCCC.C=CCCCC.C=CCCCC.C=CCCCC.C=CCCCC.C=CCCCC.C=CCCCC.C=CCCCC.C=CCCCC.CCCCCCl. The Balaban J connectivity index is -0.0000000533. The first-order chi connectivity index (χ1) is 37.9. The van der Waals surface area contributed by atoms with Crippen LogP contribution in [0.4, 0.5) is 0 Å². The predicted molar refractivity (Wildman–Crippen MR) is 387 cm³/mol. The molecule has 0 aliphatic heterocycles. The third kappa shape index (κ3) is 291. The average molecular weight is 1120 g/mol. The van der Waals surface area contributed by atoms with Gasteiger partial charge in [-0.1, -0.05) is 330 Å². The Hall–Kier alpha value is -2.83. The standard InChI is InChI=1S/12C6H12.C5H11Cl/c12*1-3-5-6-4-2;1-2-3-4-5-6/h12*3H,1,4-6H2,2H3;2-5H2,1H3. The monoisotopic (exact) mass is 1120 g/mol. The summed E-state index contributed by atoms with van der Waals surface area (Å²) in [5, 5.41) is 0. The maximum absolute atomic E-state index is 5.38. The second-order valence-electron chi connectivity index (χ2n) is 18.6. The summed E-state index contributed by atoms with van der Waals surface area (Å²) in [7, 11) is 0. The summed E-state index contributed by atoms with van der Waals surface area (Å²) < 4.78 is 0. The number of hydrogen-bond donors (Lipinski definition) is 0. The lowest BCUT2D eigenvalue weighted by molar-refractivity contribution is 0.776. The summed E-state index contributed by atoms with van der Waals surface area (Å²) in [6.07, 6.45) is 72.3. The predicted octanol–water partition coefficient (Wildman–Crippen LogP) is 30.8. The number of halogens is 1. The molecule has 0 saturated heterocycles. The molecule has 0 saturated carbocycles. The van der Waals surface area contributed by atoms with E-state index in [-0.39, 0.29) is 0 Å². The summed E-state index contributed by atoms with van der Waals surface area (Å²) in [6.45, 7) is 71.6. The maximum atomic E-state index is 5.38. The molecule has 0 atom stereocenters. The Morgan fingerprint density at radius 3 is 0.282 bits per heavy atom.